The van der Waals surface area contributed by atoms with Crippen LogP contribution < -0.4 is 0 Å². The van der Waals surface area contributed by atoms with Gasteiger partial charge in [-0.05, 0) is 0 Å². The van der Waals surface area contributed by atoms with E-state index in [4.69, 9.17) is 18.9 Å². The molecule has 2 aliphatic heterocycles. The van der Waals surface area contributed by atoms with Gasteiger partial charge in [-0.15, -0.1) is 0 Å². The number of rotatable bonds is 3. The third-order valence-corrected chi connectivity index (χ3v) is 2.99. The van der Waals surface area contributed by atoms with E-state index in [0.29, 0.717) is 5.90 Å². The zero-order chi connectivity index (χ0) is 14.9. The molecule has 0 aromatic heterocycles. The topological polar surface area (TPSA) is 83.4 Å². The third kappa shape index (κ3) is 2.90. The summed E-state index contributed by atoms with van der Waals surface area (Å²) in [5.41, 5.74) is 0. The van der Waals surface area contributed by atoms with Crippen LogP contribution in [-0.2, 0) is 28.5 Å². The van der Waals surface area contributed by atoms with Crippen molar-refractivity contribution in [2.75, 3.05) is 6.67 Å². The van der Waals surface area contributed by atoms with Crippen LogP contribution in [0, 0.1) is 0 Å². The highest BCUT2D eigenvalue weighted by molar-refractivity contribution is 5.75. The Hall–Kier alpha value is -1.70. The fraction of sp³-hybridized carbons (Fsp3) is 0.750. The lowest BCUT2D eigenvalue weighted by molar-refractivity contribution is -0.243. The number of hydrogen-bond acceptors (Lipinski definition) is 7. The summed E-state index contributed by atoms with van der Waals surface area (Å²) in [6, 6.07) is -0.675. The van der Waals surface area contributed by atoms with Crippen LogP contribution in [0.4, 0.5) is 4.39 Å². The Morgan fingerprint density at radius 3 is 2.40 bits per heavy atom. The molecule has 2 aliphatic rings. The minimum Gasteiger partial charge on any atom is -0.456 e. The molecule has 2 heterocycles. The monoisotopic (exact) mass is 289 g/mol. The van der Waals surface area contributed by atoms with Crippen LogP contribution in [0.15, 0.2) is 4.99 Å². The van der Waals surface area contributed by atoms with Crippen LogP contribution in [0.1, 0.15) is 20.8 Å². The van der Waals surface area contributed by atoms with Crippen molar-refractivity contribution in [3.8, 4) is 0 Å². The van der Waals surface area contributed by atoms with Crippen LogP contribution in [-0.4, -0.2) is 55.2 Å². The lowest BCUT2D eigenvalue weighted by atomic mass is 9.97. The Labute approximate surface area is 115 Å². The minimum atomic E-state index is -1.06. The van der Waals surface area contributed by atoms with Crippen LogP contribution in [0.5, 0.6) is 0 Å². The zero-order valence-electron chi connectivity index (χ0n) is 11.4. The van der Waals surface area contributed by atoms with E-state index in [2.05, 4.69) is 4.99 Å². The highest BCUT2D eigenvalue weighted by atomic mass is 19.1. The molecule has 2 rings (SSSR count). The van der Waals surface area contributed by atoms with Gasteiger partial charge in [-0.25, -0.2) is 9.38 Å². The Bertz CT molecular complexity index is 440. The van der Waals surface area contributed by atoms with Crippen molar-refractivity contribution in [1.82, 2.24) is 0 Å². The van der Waals surface area contributed by atoms with Crippen LogP contribution in [0.2, 0.25) is 0 Å². The quantitative estimate of drug-likeness (QED) is 0.698. The number of ether oxygens (including phenoxy) is 4. The molecular weight excluding hydrogens is 273 g/mol. The molecule has 0 N–H and O–H groups in total. The summed E-state index contributed by atoms with van der Waals surface area (Å²) in [4.78, 5) is 26.5. The highest BCUT2D eigenvalue weighted by Gasteiger charge is 2.53. The molecule has 1 saturated heterocycles. The molecule has 0 bridgehead atoms. The van der Waals surface area contributed by atoms with Crippen molar-refractivity contribution in [2.45, 2.75) is 51.4 Å². The summed E-state index contributed by atoms with van der Waals surface area (Å²) in [6.07, 6.45) is -3.90. The van der Waals surface area contributed by atoms with E-state index < -0.39 is 49.3 Å². The molecule has 112 valence electrons. The Morgan fingerprint density at radius 2 is 1.85 bits per heavy atom. The van der Waals surface area contributed by atoms with E-state index in [1.807, 2.05) is 0 Å². The molecule has 0 aromatic rings. The largest absolute Gasteiger partial charge is 0.456 e. The first-order chi connectivity index (χ1) is 9.42. The molecule has 0 spiro atoms. The van der Waals surface area contributed by atoms with Gasteiger partial charge in [0, 0.05) is 20.8 Å². The number of fused-ring (bicyclic) bond motifs is 1. The Balaban J connectivity index is 2.27. The molecule has 0 aromatic carbocycles. The maximum atomic E-state index is 13.1. The molecular formula is C12H16FNO6. The van der Waals surface area contributed by atoms with E-state index in [0.717, 1.165) is 0 Å². The first-order valence-corrected chi connectivity index (χ1v) is 6.19. The summed E-state index contributed by atoms with van der Waals surface area (Å²) in [5, 5.41) is 0. The van der Waals surface area contributed by atoms with Crippen LogP contribution in [0.25, 0.3) is 0 Å². The van der Waals surface area contributed by atoms with Gasteiger partial charge in [0.2, 0.25) is 6.29 Å². The van der Waals surface area contributed by atoms with Gasteiger partial charge in [-0.1, -0.05) is 0 Å². The number of carbonyl (C=O) groups excluding carboxylic acids is 2. The molecule has 1 unspecified atom stereocenters. The summed E-state index contributed by atoms with van der Waals surface area (Å²) in [7, 11) is 0. The van der Waals surface area contributed by atoms with Crippen molar-refractivity contribution >= 4 is 17.8 Å². The van der Waals surface area contributed by atoms with E-state index in [9.17, 15) is 14.0 Å². The lowest BCUT2D eigenvalue weighted by Gasteiger charge is -2.40. The molecule has 20 heavy (non-hydrogen) atoms. The molecule has 1 fully saturated rings. The molecule has 0 saturated carbocycles. The number of aliphatic imine (C=N–C) groups is 1. The number of esters is 2. The molecule has 7 nitrogen and oxygen atoms in total. The summed E-state index contributed by atoms with van der Waals surface area (Å²) in [6.45, 7) is 3.11. The molecule has 0 radical (unpaired) electrons. The second-order valence-electron chi connectivity index (χ2n) is 4.60. The first kappa shape index (κ1) is 14.7. The average molecular weight is 289 g/mol. The fourth-order valence-corrected chi connectivity index (χ4v) is 2.32. The van der Waals surface area contributed by atoms with Gasteiger partial charge in [0.1, 0.15) is 12.8 Å². The lowest BCUT2D eigenvalue weighted by Crippen LogP contribution is -2.59. The number of alkyl halides is 1. The van der Waals surface area contributed by atoms with Crippen LogP contribution in [0.3, 0.4) is 0 Å². The van der Waals surface area contributed by atoms with Crippen molar-refractivity contribution in [3.05, 3.63) is 0 Å². The smallest absolute Gasteiger partial charge is 0.303 e. The van der Waals surface area contributed by atoms with Gasteiger partial charge in [0.05, 0.1) is 0 Å². The molecule has 8 heteroatoms. The van der Waals surface area contributed by atoms with Crippen molar-refractivity contribution < 1.29 is 32.9 Å². The number of halogens is 1. The van der Waals surface area contributed by atoms with Gasteiger partial charge >= 0.3 is 11.9 Å². The van der Waals surface area contributed by atoms with Crippen molar-refractivity contribution in [3.63, 3.8) is 0 Å². The fourth-order valence-electron chi connectivity index (χ4n) is 2.32. The second-order valence-corrected chi connectivity index (χ2v) is 4.60. The van der Waals surface area contributed by atoms with E-state index >= 15 is 0 Å². The van der Waals surface area contributed by atoms with Gasteiger partial charge in [-0.3, -0.25) is 9.59 Å². The molecule has 5 atom stereocenters. The van der Waals surface area contributed by atoms with Crippen molar-refractivity contribution in [1.29, 1.82) is 0 Å². The predicted molar refractivity (Wildman–Crippen MR) is 63.7 cm³/mol. The van der Waals surface area contributed by atoms with E-state index in [1.165, 1.54) is 13.8 Å². The summed E-state index contributed by atoms with van der Waals surface area (Å²) >= 11 is 0. The summed E-state index contributed by atoms with van der Waals surface area (Å²) in [5.74, 6) is -0.851. The molecule has 0 amide bonds. The van der Waals surface area contributed by atoms with Gasteiger partial charge in [0.15, 0.2) is 24.1 Å². The van der Waals surface area contributed by atoms with E-state index in [1.54, 1.807) is 6.92 Å². The first-order valence-electron chi connectivity index (χ1n) is 6.19. The number of nitrogens with zero attached hydrogens (tertiary/aromatic N) is 1. The number of hydrogen-bond donors (Lipinski definition) is 0. The number of carbonyl (C=O) groups is 2. The normalized spacial score (nSPS) is 35.6. The maximum Gasteiger partial charge on any atom is 0.303 e. The SMILES string of the molecule is CC(=O)O[C@H]1[C@H](OC(C)=O)[C@H]2N=C(C)OC2O[C@@H]1CF. The third-order valence-electron chi connectivity index (χ3n) is 2.99. The van der Waals surface area contributed by atoms with Crippen LogP contribution >= 0.6 is 0 Å². The van der Waals surface area contributed by atoms with Crippen molar-refractivity contribution in [2.24, 2.45) is 4.99 Å². The van der Waals surface area contributed by atoms with E-state index in [-0.39, 0.29) is 0 Å². The highest BCUT2D eigenvalue weighted by Crippen LogP contribution is 2.32. The van der Waals surface area contributed by atoms with Gasteiger partial charge < -0.3 is 18.9 Å². The summed E-state index contributed by atoms with van der Waals surface area (Å²) < 4.78 is 34.0. The Kier molecular flexibility index (Phi) is 4.22. The Morgan fingerprint density at radius 1 is 1.25 bits per heavy atom. The standard InChI is InChI=1S/C12H16FNO6/c1-5-14-9-11(19-7(3)16)10(18-6(2)15)8(4-13)20-12(9)17-5/h8-12H,4H2,1-3H3/t8-,9-,10-,11-,12?/m1/s1. The predicted octanol–water partition coefficient (Wildman–Crippen LogP) is 0.361. The van der Waals surface area contributed by atoms with Gasteiger partial charge in [-0.2, -0.15) is 0 Å². The van der Waals surface area contributed by atoms with Gasteiger partial charge in [0.25, 0.3) is 0 Å². The minimum absolute atomic E-state index is 0.346. The average Bonchev–Trinajstić information content (AvgIpc) is 2.71. The molecule has 0 aliphatic carbocycles. The second kappa shape index (κ2) is 5.74. The maximum absolute atomic E-state index is 13.1. The zero-order valence-corrected chi connectivity index (χ0v) is 11.4.